The minimum absolute atomic E-state index is 0.412. The molecule has 0 radical (unpaired) electrons. The van der Waals surface area contributed by atoms with E-state index in [0.29, 0.717) is 4.90 Å². The van der Waals surface area contributed by atoms with E-state index in [4.69, 9.17) is 0 Å². The van der Waals surface area contributed by atoms with Crippen LogP contribution in [0.4, 0.5) is 0 Å². The second kappa shape index (κ2) is 3.66. The first kappa shape index (κ1) is 11.7. The summed E-state index contributed by atoms with van der Waals surface area (Å²) in [6, 6.07) is 2.01. The Morgan fingerprint density at radius 3 is 1.64 bits per heavy atom. The van der Waals surface area contributed by atoms with Crippen LogP contribution in [0.5, 0.6) is 0 Å². The Hall–Kier alpha value is -0.350. The van der Waals surface area contributed by atoms with E-state index in [1.807, 2.05) is 33.8 Å². The predicted octanol–water partition coefficient (Wildman–Crippen LogP) is 3.00. The standard InChI is InChI=1S/C10H13BrO2S/c1-6-5-7(2)9(4)10(8(6)3)14(11,12)13/h5H,1-4H3. The minimum atomic E-state index is -3.30. The molecule has 0 saturated heterocycles. The lowest BCUT2D eigenvalue weighted by Crippen LogP contribution is -2.01. The molecule has 0 aliphatic rings. The Kier molecular flexibility index (Phi) is 3.07. The maximum atomic E-state index is 11.5. The molecule has 0 heterocycles. The van der Waals surface area contributed by atoms with Crippen molar-refractivity contribution in [2.75, 3.05) is 0 Å². The molecule has 1 aromatic carbocycles. The van der Waals surface area contributed by atoms with Crippen molar-refractivity contribution in [1.82, 2.24) is 0 Å². The Labute approximate surface area is 92.5 Å². The Balaban J connectivity index is 3.74. The summed E-state index contributed by atoms with van der Waals surface area (Å²) in [6.45, 7) is 7.50. The minimum Gasteiger partial charge on any atom is -0.212 e. The van der Waals surface area contributed by atoms with Crippen LogP contribution in [0, 0.1) is 27.7 Å². The topological polar surface area (TPSA) is 34.1 Å². The van der Waals surface area contributed by atoms with Crippen LogP contribution < -0.4 is 0 Å². The van der Waals surface area contributed by atoms with Crippen LogP contribution in [-0.2, 0) is 8.27 Å². The molecule has 0 amide bonds. The van der Waals surface area contributed by atoms with Gasteiger partial charge in [0.25, 0.3) is 0 Å². The van der Waals surface area contributed by atoms with Gasteiger partial charge in [-0.05, 0) is 49.9 Å². The molecule has 0 aromatic heterocycles. The molecular weight excluding hydrogens is 264 g/mol. The lowest BCUT2D eigenvalue weighted by atomic mass is 10.0. The molecule has 0 N–H and O–H groups in total. The first-order valence-electron chi connectivity index (χ1n) is 4.27. The zero-order valence-corrected chi connectivity index (χ0v) is 11.1. The highest BCUT2D eigenvalue weighted by Crippen LogP contribution is 2.29. The van der Waals surface area contributed by atoms with E-state index in [1.165, 1.54) is 0 Å². The van der Waals surface area contributed by atoms with Crippen LogP contribution in [0.15, 0.2) is 11.0 Å². The van der Waals surface area contributed by atoms with E-state index in [2.05, 4.69) is 14.8 Å². The molecule has 1 aromatic rings. The first-order chi connectivity index (χ1) is 6.25. The summed E-state index contributed by atoms with van der Waals surface area (Å²) in [4.78, 5) is 0.412. The zero-order chi connectivity index (χ0) is 11.1. The number of halogens is 1. The summed E-state index contributed by atoms with van der Waals surface area (Å²) < 4.78 is 23.0. The fourth-order valence-corrected chi connectivity index (χ4v) is 4.06. The van der Waals surface area contributed by atoms with Crippen molar-refractivity contribution in [3.05, 3.63) is 28.3 Å². The molecule has 1 rings (SSSR count). The molecule has 0 spiro atoms. The Morgan fingerprint density at radius 1 is 1.00 bits per heavy atom. The van der Waals surface area contributed by atoms with Crippen LogP contribution in [0.25, 0.3) is 0 Å². The maximum Gasteiger partial charge on any atom is 0.238 e. The van der Waals surface area contributed by atoms with Crippen molar-refractivity contribution in [2.24, 2.45) is 0 Å². The van der Waals surface area contributed by atoms with Crippen LogP contribution in [0.2, 0.25) is 0 Å². The fraction of sp³-hybridized carbons (Fsp3) is 0.400. The molecule has 0 atom stereocenters. The van der Waals surface area contributed by atoms with Crippen LogP contribution in [-0.4, -0.2) is 8.42 Å². The van der Waals surface area contributed by atoms with Gasteiger partial charge < -0.3 is 0 Å². The number of aryl methyl sites for hydroxylation is 2. The van der Waals surface area contributed by atoms with Gasteiger partial charge in [0.1, 0.15) is 0 Å². The molecule has 78 valence electrons. The average molecular weight is 277 g/mol. The van der Waals surface area contributed by atoms with Gasteiger partial charge in [-0.25, -0.2) is 8.42 Å². The highest BCUT2D eigenvalue weighted by molar-refractivity contribution is 9.47. The van der Waals surface area contributed by atoms with E-state index in [-0.39, 0.29) is 0 Å². The Morgan fingerprint density at radius 2 is 1.36 bits per heavy atom. The summed E-state index contributed by atoms with van der Waals surface area (Å²) in [6.07, 6.45) is 0. The largest absolute Gasteiger partial charge is 0.238 e. The molecule has 0 unspecified atom stereocenters. The van der Waals surface area contributed by atoms with Gasteiger partial charge in [-0.3, -0.25) is 0 Å². The van der Waals surface area contributed by atoms with Gasteiger partial charge in [-0.1, -0.05) is 6.07 Å². The van der Waals surface area contributed by atoms with Crippen LogP contribution in [0.3, 0.4) is 0 Å². The molecule has 0 saturated carbocycles. The molecule has 0 aliphatic carbocycles. The normalized spacial score (nSPS) is 11.8. The van der Waals surface area contributed by atoms with Crippen molar-refractivity contribution in [1.29, 1.82) is 0 Å². The summed E-state index contributed by atoms with van der Waals surface area (Å²) in [5.74, 6) is 0. The van der Waals surface area contributed by atoms with Crippen LogP contribution in [0.1, 0.15) is 22.3 Å². The molecule has 2 nitrogen and oxygen atoms in total. The third kappa shape index (κ3) is 2.01. The number of benzene rings is 1. The second-order valence-electron chi connectivity index (χ2n) is 3.53. The quantitative estimate of drug-likeness (QED) is 0.739. The summed E-state index contributed by atoms with van der Waals surface area (Å²) in [7, 11) is -3.30. The van der Waals surface area contributed by atoms with Crippen molar-refractivity contribution in [3.63, 3.8) is 0 Å². The SMILES string of the molecule is Cc1cc(C)c(C)c(S(=O)(=O)Br)c1C. The van der Waals surface area contributed by atoms with E-state index >= 15 is 0 Å². The first-order valence-corrected chi connectivity index (χ1v) is 7.60. The van der Waals surface area contributed by atoms with E-state index in [0.717, 1.165) is 22.3 Å². The highest BCUT2D eigenvalue weighted by atomic mass is 79.9. The summed E-state index contributed by atoms with van der Waals surface area (Å²) >= 11 is 2.73. The number of rotatable bonds is 1. The molecule has 14 heavy (non-hydrogen) atoms. The molecule has 4 heteroatoms. The molecular formula is C10H13BrO2S. The zero-order valence-electron chi connectivity index (χ0n) is 8.68. The number of hydrogen-bond donors (Lipinski definition) is 0. The molecule has 0 aliphatic heterocycles. The lowest BCUT2D eigenvalue weighted by molar-refractivity contribution is 0.610. The van der Waals surface area contributed by atoms with Crippen molar-refractivity contribution < 1.29 is 8.42 Å². The van der Waals surface area contributed by atoms with Gasteiger partial charge in [0.2, 0.25) is 8.27 Å². The maximum absolute atomic E-state index is 11.5. The van der Waals surface area contributed by atoms with Crippen molar-refractivity contribution in [2.45, 2.75) is 32.6 Å². The van der Waals surface area contributed by atoms with Gasteiger partial charge in [-0.15, -0.1) is 0 Å². The second-order valence-corrected chi connectivity index (χ2v) is 7.37. The van der Waals surface area contributed by atoms with Crippen molar-refractivity contribution >= 4 is 23.1 Å². The van der Waals surface area contributed by atoms with Gasteiger partial charge in [-0.2, -0.15) is 0 Å². The molecule has 0 bridgehead atoms. The number of hydrogen-bond acceptors (Lipinski definition) is 2. The van der Waals surface area contributed by atoms with Gasteiger partial charge in [0.15, 0.2) is 0 Å². The van der Waals surface area contributed by atoms with Gasteiger partial charge in [0.05, 0.1) is 19.7 Å². The molecule has 0 fully saturated rings. The van der Waals surface area contributed by atoms with Crippen molar-refractivity contribution in [3.8, 4) is 0 Å². The van der Waals surface area contributed by atoms with Gasteiger partial charge in [0, 0.05) is 0 Å². The van der Waals surface area contributed by atoms with E-state index in [9.17, 15) is 8.42 Å². The van der Waals surface area contributed by atoms with Gasteiger partial charge >= 0.3 is 0 Å². The van der Waals surface area contributed by atoms with E-state index < -0.39 is 8.27 Å². The average Bonchev–Trinajstić information content (AvgIpc) is 1.98. The highest BCUT2D eigenvalue weighted by Gasteiger charge is 2.18. The summed E-state index contributed by atoms with van der Waals surface area (Å²) in [5, 5.41) is 0. The predicted molar refractivity (Wildman–Crippen MR) is 61.5 cm³/mol. The van der Waals surface area contributed by atoms with E-state index in [1.54, 1.807) is 0 Å². The third-order valence-corrected chi connectivity index (χ3v) is 4.61. The summed E-state index contributed by atoms with van der Waals surface area (Å²) in [5.41, 5.74) is 3.66. The smallest absolute Gasteiger partial charge is 0.212 e. The third-order valence-electron chi connectivity index (χ3n) is 2.54. The lowest BCUT2D eigenvalue weighted by Gasteiger charge is -2.12. The fourth-order valence-electron chi connectivity index (χ4n) is 1.55. The Bertz CT molecular complexity index is 449. The monoisotopic (exact) mass is 276 g/mol. The van der Waals surface area contributed by atoms with Crippen LogP contribution >= 0.6 is 14.8 Å².